The summed E-state index contributed by atoms with van der Waals surface area (Å²) in [7, 11) is 0.427. The van der Waals surface area contributed by atoms with Gasteiger partial charge >= 0.3 is 0 Å². The maximum absolute atomic E-state index is 14.4. The van der Waals surface area contributed by atoms with Crippen LogP contribution in [0.5, 0.6) is 5.75 Å². The van der Waals surface area contributed by atoms with Crippen molar-refractivity contribution in [3.8, 4) is 39.7 Å². The number of anilines is 1. The zero-order valence-corrected chi connectivity index (χ0v) is 25.1. The summed E-state index contributed by atoms with van der Waals surface area (Å²) in [5, 5.41) is 2.94. The zero-order valence-electron chi connectivity index (χ0n) is 24.2. The fraction of sp³-hybridized carbons (Fsp3) is 0.125. The largest absolute Gasteiger partial charge is 0.497 e. The summed E-state index contributed by atoms with van der Waals surface area (Å²) in [5.74, 6) is -2.27. The van der Waals surface area contributed by atoms with Crippen molar-refractivity contribution in [1.29, 1.82) is 0 Å². The van der Waals surface area contributed by atoms with Crippen LogP contribution < -0.4 is 14.4 Å². The lowest BCUT2D eigenvalue weighted by Crippen LogP contribution is -2.25. The lowest BCUT2D eigenvalue weighted by Gasteiger charge is -2.21. The maximum atomic E-state index is 14.4. The van der Waals surface area contributed by atoms with Crippen LogP contribution in [0, 0.1) is 17.5 Å². The van der Waals surface area contributed by atoms with E-state index in [1.807, 2.05) is 0 Å². The van der Waals surface area contributed by atoms with Crippen LogP contribution in [0.3, 0.4) is 0 Å². The number of hydrogen-bond donors (Lipinski definition) is 1. The van der Waals surface area contributed by atoms with Crippen LogP contribution in [0.4, 0.5) is 18.9 Å². The highest BCUT2D eigenvalue weighted by molar-refractivity contribution is 7.92. The Morgan fingerprint density at radius 2 is 1.60 bits per heavy atom. The molecule has 0 saturated carbocycles. The van der Waals surface area contributed by atoms with Gasteiger partial charge in [0, 0.05) is 54.4 Å². The number of rotatable bonds is 7. The number of nitrogens with one attached hydrogen (secondary N) is 1. The van der Waals surface area contributed by atoms with Crippen molar-refractivity contribution in [2.45, 2.75) is 0 Å². The molecule has 230 valence electrons. The van der Waals surface area contributed by atoms with Gasteiger partial charge in [0.05, 0.1) is 24.6 Å². The van der Waals surface area contributed by atoms with Crippen molar-refractivity contribution in [1.82, 2.24) is 10.3 Å². The van der Waals surface area contributed by atoms with Crippen molar-refractivity contribution in [2.75, 3.05) is 31.8 Å². The van der Waals surface area contributed by atoms with Gasteiger partial charge in [-0.15, -0.1) is 0 Å². The molecular weight excluding hydrogens is 611 g/mol. The quantitative estimate of drug-likeness (QED) is 0.206. The fourth-order valence-electron chi connectivity index (χ4n) is 5.03. The molecule has 9 nitrogen and oxygen atoms in total. The van der Waals surface area contributed by atoms with Gasteiger partial charge in [0.25, 0.3) is 5.91 Å². The van der Waals surface area contributed by atoms with Gasteiger partial charge in [-0.3, -0.25) is 9.10 Å². The molecule has 1 N–H and O–H groups in total. The number of benzene rings is 4. The van der Waals surface area contributed by atoms with Gasteiger partial charge in [-0.25, -0.2) is 26.6 Å². The predicted octanol–water partition coefficient (Wildman–Crippen LogP) is 6.76. The normalized spacial score (nSPS) is 11.7. The van der Waals surface area contributed by atoms with Gasteiger partial charge in [-0.2, -0.15) is 0 Å². The maximum Gasteiger partial charge on any atom is 0.255 e. The summed E-state index contributed by atoms with van der Waals surface area (Å²) in [6, 6.07) is 15.0. The summed E-state index contributed by atoms with van der Waals surface area (Å²) in [6.07, 6.45) is 1.03. The van der Waals surface area contributed by atoms with Gasteiger partial charge in [-0.05, 0) is 54.1 Å². The van der Waals surface area contributed by atoms with E-state index in [9.17, 15) is 26.4 Å². The average Bonchev–Trinajstić information content (AvgIpc) is 3.61. The lowest BCUT2D eigenvalue weighted by molar-refractivity contribution is 0.0964. The second-order valence-electron chi connectivity index (χ2n) is 10.2. The average molecular weight is 636 g/mol. The third kappa shape index (κ3) is 5.35. The number of ether oxygens (including phenoxy) is 1. The van der Waals surface area contributed by atoms with Crippen LogP contribution in [0.15, 0.2) is 75.6 Å². The molecule has 0 spiro atoms. The van der Waals surface area contributed by atoms with Crippen LogP contribution in [0.2, 0.25) is 0 Å². The smallest absolute Gasteiger partial charge is 0.255 e. The number of carbonyl (C=O) groups is 1. The minimum absolute atomic E-state index is 0.0401. The number of methoxy groups -OCH3 is 1. The van der Waals surface area contributed by atoms with Crippen molar-refractivity contribution in [3.05, 3.63) is 89.7 Å². The van der Waals surface area contributed by atoms with Gasteiger partial charge in [-0.1, -0.05) is 0 Å². The summed E-state index contributed by atoms with van der Waals surface area (Å²) < 4.78 is 85.9. The number of fused-ring (bicyclic) bond motifs is 2. The van der Waals surface area contributed by atoms with E-state index in [0.29, 0.717) is 39.5 Å². The van der Waals surface area contributed by atoms with E-state index in [1.54, 1.807) is 24.3 Å². The minimum Gasteiger partial charge on any atom is -0.497 e. The summed E-state index contributed by atoms with van der Waals surface area (Å²) in [5.41, 5.74) is 1.77. The Balaban J connectivity index is 1.64. The third-order valence-electron chi connectivity index (χ3n) is 7.32. The van der Waals surface area contributed by atoms with Gasteiger partial charge in [0.2, 0.25) is 15.9 Å². The molecule has 0 unspecified atom stereocenters. The Hall–Kier alpha value is -5.30. The lowest BCUT2D eigenvalue weighted by atomic mass is 9.97. The first kappa shape index (κ1) is 29.8. The van der Waals surface area contributed by atoms with E-state index >= 15 is 0 Å². The number of amides is 1. The van der Waals surface area contributed by atoms with E-state index in [0.717, 1.165) is 16.6 Å². The summed E-state index contributed by atoms with van der Waals surface area (Å²) >= 11 is 0. The highest BCUT2D eigenvalue weighted by Gasteiger charge is 2.26. The Morgan fingerprint density at radius 3 is 2.27 bits per heavy atom. The van der Waals surface area contributed by atoms with Crippen LogP contribution in [0.25, 0.3) is 56.0 Å². The minimum atomic E-state index is -3.81. The molecule has 0 aliphatic rings. The standard InChI is InChI=1S/C32H24F3N3O6S/c1-36-31(39)28-23-14-22(25(38(2)45(4,40)41)15-26(23)43-30(28)16-5-7-19(33)8-6-16)17-9-18(11-21(10-17)42-3)32-37-29-24(35)12-20(34)13-27(29)44-32/h5-15H,1-4H3,(H,36,39). The molecule has 0 aliphatic carbocycles. The molecule has 45 heavy (non-hydrogen) atoms. The molecular formula is C32H24F3N3O6S. The predicted molar refractivity (Wildman–Crippen MR) is 163 cm³/mol. The van der Waals surface area contributed by atoms with E-state index in [4.69, 9.17) is 13.6 Å². The van der Waals surface area contributed by atoms with Crippen LogP contribution in [-0.4, -0.2) is 46.8 Å². The number of furan rings is 1. The molecule has 0 aliphatic heterocycles. The highest BCUT2D eigenvalue weighted by Crippen LogP contribution is 2.43. The Bertz CT molecular complexity index is 2250. The number of carbonyl (C=O) groups excluding carboxylic acids is 1. The topological polar surface area (TPSA) is 115 Å². The molecule has 0 radical (unpaired) electrons. The molecule has 0 bridgehead atoms. The zero-order chi connectivity index (χ0) is 32.2. The molecule has 0 atom stereocenters. The molecule has 0 saturated heterocycles. The Kier molecular flexibility index (Phi) is 7.28. The van der Waals surface area contributed by atoms with Crippen LogP contribution >= 0.6 is 0 Å². The van der Waals surface area contributed by atoms with E-state index in [1.165, 1.54) is 51.5 Å². The highest BCUT2D eigenvalue weighted by atomic mass is 32.2. The molecule has 13 heteroatoms. The second kappa shape index (κ2) is 11.0. The van der Waals surface area contributed by atoms with E-state index < -0.39 is 33.4 Å². The first-order valence-corrected chi connectivity index (χ1v) is 15.2. The number of halogens is 3. The number of sulfonamides is 1. The monoisotopic (exact) mass is 635 g/mol. The molecule has 1 amide bonds. The summed E-state index contributed by atoms with van der Waals surface area (Å²) in [6.45, 7) is 0. The summed E-state index contributed by atoms with van der Waals surface area (Å²) in [4.78, 5) is 17.4. The molecule has 4 aromatic carbocycles. The first-order chi connectivity index (χ1) is 21.4. The van der Waals surface area contributed by atoms with Crippen LogP contribution in [0.1, 0.15) is 10.4 Å². The molecule has 6 aromatic rings. The third-order valence-corrected chi connectivity index (χ3v) is 8.51. The molecule has 2 heterocycles. The molecule has 2 aromatic heterocycles. The van der Waals surface area contributed by atoms with Crippen LogP contribution in [-0.2, 0) is 10.0 Å². The van der Waals surface area contributed by atoms with Gasteiger partial charge in [0.15, 0.2) is 11.4 Å². The van der Waals surface area contributed by atoms with Gasteiger partial charge < -0.3 is 18.9 Å². The number of aromatic nitrogens is 1. The number of nitrogens with zero attached hydrogens (tertiary/aromatic N) is 2. The van der Waals surface area contributed by atoms with Gasteiger partial charge in [0.1, 0.15) is 34.2 Å². The van der Waals surface area contributed by atoms with Crippen molar-refractivity contribution in [3.63, 3.8) is 0 Å². The Labute approximate surface area is 254 Å². The van der Waals surface area contributed by atoms with Crippen molar-refractivity contribution in [2.24, 2.45) is 0 Å². The number of oxazole rings is 1. The van der Waals surface area contributed by atoms with Crippen molar-refractivity contribution < 1.29 is 40.0 Å². The first-order valence-electron chi connectivity index (χ1n) is 13.4. The second-order valence-corrected chi connectivity index (χ2v) is 12.2. The molecule has 0 fully saturated rings. The SMILES string of the molecule is CNC(=O)c1c(-c2ccc(F)cc2)oc2cc(N(C)S(C)(=O)=O)c(-c3cc(OC)cc(-c4nc5c(F)cc(F)cc5o4)c3)cc12. The van der Waals surface area contributed by atoms with Crippen molar-refractivity contribution >= 4 is 43.7 Å². The Morgan fingerprint density at radius 1 is 0.889 bits per heavy atom. The molecule has 6 rings (SSSR count). The number of hydrogen-bond acceptors (Lipinski definition) is 7. The van der Waals surface area contributed by atoms with E-state index in [2.05, 4.69) is 10.3 Å². The fourth-order valence-corrected chi connectivity index (χ4v) is 5.54. The van der Waals surface area contributed by atoms with E-state index in [-0.39, 0.29) is 39.6 Å².